The van der Waals surface area contributed by atoms with Crippen LogP contribution in [0.1, 0.15) is 23.4 Å². The minimum atomic E-state index is -0.121. The third kappa shape index (κ3) is 3.70. The summed E-state index contributed by atoms with van der Waals surface area (Å²) in [5.41, 5.74) is 0.640. The predicted molar refractivity (Wildman–Crippen MR) is 93.1 cm³/mol. The number of thioether (sulfide) groups is 1. The lowest BCUT2D eigenvalue weighted by atomic mass is 10.2. The van der Waals surface area contributed by atoms with Crippen molar-refractivity contribution in [1.29, 1.82) is 0 Å². The predicted octanol–water partition coefficient (Wildman–Crippen LogP) is 3.23. The van der Waals surface area contributed by atoms with Crippen LogP contribution in [0.25, 0.3) is 11.0 Å². The number of Topliss-reactive ketones (excluding diaryl/α,β-unsaturated/α-hetero) is 1. The zero-order chi connectivity index (χ0) is 17.2. The molecule has 3 heterocycles. The Morgan fingerprint density at radius 2 is 2.32 bits per heavy atom. The van der Waals surface area contributed by atoms with Crippen LogP contribution in [-0.4, -0.2) is 44.5 Å². The molecular formula is C16H15ClN4O3S. The van der Waals surface area contributed by atoms with E-state index in [0.717, 1.165) is 24.8 Å². The van der Waals surface area contributed by atoms with Gasteiger partial charge in [-0.15, -0.1) is 5.10 Å². The zero-order valence-corrected chi connectivity index (χ0v) is 14.8. The Balaban J connectivity index is 1.42. The van der Waals surface area contributed by atoms with E-state index < -0.39 is 0 Å². The van der Waals surface area contributed by atoms with Crippen LogP contribution in [0.3, 0.4) is 0 Å². The number of carbonyl (C=O) groups excluding carboxylic acids is 1. The van der Waals surface area contributed by atoms with Crippen molar-refractivity contribution in [3.05, 3.63) is 35.0 Å². The summed E-state index contributed by atoms with van der Waals surface area (Å²) in [5.74, 6) is 0.381. The van der Waals surface area contributed by atoms with E-state index in [2.05, 4.69) is 15.5 Å². The smallest absolute Gasteiger partial charge is 0.209 e. The van der Waals surface area contributed by atoms with Crippen LogP contribution in [0.15, 0.2) is 33.8 Å². The molecule has 130 valence electrons. The van der Waals surface area contributed by atoms with E-state index in [1.165, 1.54) is 11.8 Å². The number of ketones is 1. The average molecular weight is 379 g/mol. The van der Waals surface area contributed by atoms with Crippen molar-refractivity contribution in [1.82, 2.24) is 20.2 Å². The molecule has 0 N–H and O–H groups in total. The number of fused-ring (bicyclic) bond motifs is 1. The van der Waals surface area contributed by atoms with Crippen LogP contribution in [0.5, 0.6) is 0 Å². The van der Waals surface area contributed by atoms with Crippen molar-refractivity contribution in [3.8, 4) is 0 Å². The quantitative estimate of drug-likeness (QED) is 0.481. The Labute approximate surface area is 152 Å². The molecule has 1 unspecified atom stereocenters. The number of halogens is 1. The summed E-state index contributed by atoms with van der Waals surface area (Å²) < 4.78 is 12.9. The van der Waals surface area contributed by atoms with Gasteiger partial charge in [-0.25, -0.2) is 4.68 Å². The fraction of sp³-hybridized carbons (Fsp3) is 0.375. The number of hydrogen-bond donors (Lipinski definition) is 0. The topological polar surface area (TPSA) is 83.0 Å². The molecule has 1 aromatic carbocycles. The molecule has 0 bridgehead atoms. The molecular weight excluding hydrogens is 364 g/mol. The number of aromatic nitrogens is 4. The summed E-state index contributed by atoms with van der Waals surface area (Å²) in [6, 6.07) is 6.96. The molecule has 1 fully saturated rings. The zero-order valence-electron chi connectivity index (χ0n) is 13.2. The van der Waals surface area contributed by atoms with Crippen LogP contribution in [0.2, 0.25) is 5.02 Å². The van der Waals surface area contributed by atoms with Crippen LogP contribution >= 0.6 is 23.4 Å². The first kappa shape index (κ1) is 16.6. The van der Waals surface area contributed by atoms with E-state index in [-0.39, 0.29) is 17.6 Å². The first-order valence-corrected chi connectivity index (χ1v) is 9.28. The van der Waals surface area contributed by atoms with Gasteiger partial charge in [-0.2, -0.15) is 0 Å². The molecule has 1 aliphatic heterocycles. The van der Waals surface area contributed by atoms with Crippen molar-refractivity contribution < 1.29 is 13.9 Å². The number of nitrogens with zero attached hydrogens (tertiary/aromatic N) is 4. The number of ether oxygens (including phenoxy) is 1. The molecule has 1 aliphatic rings. The average Bonchev–Trinajstić information content (AvgIpc) is 3.33. The van der Waals surface area contributed by atoms with Crippen LogP contribution < -0.4 is 0 Å². The molecule has 0 amide bonds. The van der Waals surface area contributed by atoms with Gasteiger partial charge in [0.05, 0.1) is 18.4 Å². The van der Waals surface area contributed by atoms with Crippen molar-refractivity contribution in [2.24, 2.45) is 0 Å². The van der Waals surface area contributed by atoms with Gasteiger partial charge in [-0.05, 0) is 47.5 Å². The van der Waals surface area contributed by atoms with Gasteiger partial charge in [0.15, 0.2) is 5.76 Å². The largest absolute Gasteiger partial charge is 0.453 e. The van der Waals surface area contributed by atoms with Gasteiger partial charge in [0.25, 0.3) is 0 Å². The molecule has 0 radical (unpaired) electrons. The van der Waals surface area contributed by atoms with Gasteiger partial charge in [0, 0.05) is 17.0 Å². The lowest BCUT2D eigenvalue weighted by Crippen LogP contribution is -2.17. The van der Waals surface area contributed by atoms with Crippen LogP contribution in [0.4, 0.5) is 0 Å². The summed E-state index contributed by atoms with van der Waals surface area (Å²) in [5, 5.41) is 13.7. The van der Waals surface area contributed by atoms with Crippen molar-refractivity contribution >= 4 is 40.1 Å². The molecule has 4 rings (SSSR count). The Bertz CT molecular complexity index is 904. The van der Waals surface area contributed by atoms with Gasteiger partial charge in [0.1, 0.15) is 5.58 Å². The maximum atomic E-state index is 12.4. The fourth-order valence-corrected chi connectivity index (χ4v) is 3.69. The molecule has 1 saturated heterocycles. The number of hydrogen-bond acceptors (Lipinski definition) is 7. The second-order valence-corrected chi connectivity index (χ2v) is 7.16. The summed E-state index contributed by atoms with van der Waals surface area (Å²) >= 11 is 7.25. The Morgan fingerprint density at radius 3 is 3.16 bits per heavy atom. The normalized spacial score (nSPS) is 17.4. The van der Waals surface area contributed by atoms with E-state index in [4.69, 9.17) is 20.8 Å². The van der Waals surface area contributed by atoms with Gasteiger partial charge >= 0.3 is 0 Å². The van der Waals surface area contributed by atoms with Crippen LogP contribution in [-0.2, 0) is 11.3 Å². The molecule has 3 aromatic rings. The van der Waals surface area contributed by atoms with Gasteiger partial charge in [-0.1, -0.05) is 23.4 Å². The highest BCUT2D eigenvalue weighted by Gasteiger charge is 2.20. The molecule has 0 spiro atoms. The van der Waals surface area contributed by atoms with E-state index in [9.17, 15) is 4.79 Å². The number of rotatable bonds is 6. The minimum absolute atomic E-state index is 0.121. The van der Waals surface area contributed by atoms with E-state index in [1.807, 2.05) is 0 Å². The standard InChI is InChI=1S/C16H15ClN4O3S/c17-11-3-4-14-10(6-11)7-15(24-14)13(22)9-25-16-18-19-20-21(16)8-12-2-1-5-23-12/h3-4,6-7,12H,1-2,5,8-9H2. The number of furan rings is 1. The minimum Gasteiger partial charge on any atom is -0.453 e. The number of tetrazole rings is 1. The van der Waals surface area contributed by atoms with Crippen LogP contribution in [0, 0.1) is 0 Å². The molecule has 7 nitrogen and oxygen atoms in total. The SMILES string of the molecule is O=C(CSc1nnnn1CC1CCCO1)c1cc2cc(Cl)ccc2o1. The molecule has 2 aromatic heterocycles. The Kier molecular flexibility index (Phi) is 4.74. The third-order valence-electron chi connectivity index (χ3n) is 3.99. The first-order chi connectivity index (χ1) is 12.2. The summed E-state index contributed by atoms with van der Waals surface area (Å²) in [6.07, 6.45) is 2.20. The highest BCUT2D eigenvalue weighted by Crippen LogP contribution is 2.25. The maximum absolute atomic E-state index is 12.4. The van der Waals surface area contributed by atoms with E-state index in [1.54, 1.807) is 28.9 Å². The summed E-state index contributed by atoms with van der Waals surface area (Å²) in [4.78, 5) is 12.4. The highest BCUT2D eigenvalue weighted by molar-refractivity contribution is 7.99. The lowest BCUT2D eigenvalue weighted by molar-refractivity contribution is 0.0912. The van der Waals surface area contributed by atoms with E-state index in [0.29, 0.717) is 28.1 Å². The molecule has 0 aliphatic carbocycles. The van der Waals surface area contributed by atoms with Gasteiger partial charge in [0.2, 0.25) is 10.9 Å². The molecule has 1 atom stereocenters. The number of carbonyl (C=O) groups is 1. The Hall–Kier alpha value is -1.90. The van der Waals surface area contributed by atoms with E-state index >= 15 is 0 Å². The molecule has 25 heavy (non-hydrogen) atoms. The van der Waals surface area contributed by atoms with Gasteiger partial charge in [-0.3, -0.25) is 4.79 Å². The van der Waals surface area contributed by atoms with Crippen molar-refractivity contribution in [2.75, 3.05) is 12.4 Å². The first-order valence-electron chi connectivity index (χ1n) is 7.92. The summed E-state index contributed by atoms with van der Waals surface area (Å²) in [7, 11) is 0. The van der Waals surface area contributed by atoms with Crippen molar-refractivity contribution in [2.45, 2.75) is 30.6 Å². The lowest BCUT2D eigenvalue weighted by Gasteiger charge is -2.09. The maximum Gasteiger partial charge on any atom is 0.209 e. The monoisotopic (exact) mass is 378 g/mol. The molecule has 9 heteroatoms. The molecule has 0 saturated carbocycles. The third-order valence-corrected chi connectivity index (χ3v) is 5.18. The Morgan fingerprint density at radius 1 is 1.40 bits per heavy atom. The summed E-state index contributed by atoms with van der Waals surface area (Å²) in [6.45, 7) is 1.39. The second kappa shape index (κ2) is 7.15. The fourth-order valence-electron chi connectivity index (χ4n) is 2.75. The van der Waals surface area contributed by atoms with Gasteiger partial charge < -0.3 is 9.15 Å². The number of benzene rings is 1. The van der Waals surface area contributed by atoms with Crippen molar-refractivity contribution in [3.63, 3.8) is 0 Å². The highest BCUT2D eigenvalue weighted by atomic mass is 35.5. The second-order valence-electron chi connectivity index (χ2n) is 5.78.